The molecule has 1 amide bonds. The van der Waals surface area contributed by atoms with Gasteiger partial charge in [-0.3, -0.25) is 9.78 Å². The number of fused-ring (bicyclic) bond motifs is 1. The van der Waals surface area contributed by atoms with Gasteiger partial charge < -0.3 is 19.9 Å². The second-order valence-corrected chi connectivity index (χ2v) is 7.97. The van der Waals surface area contributed by atoms with Gasteiger partial charge in [0.2, 0.25) is 0 Å². The van der Waals surface area contributed by atoms with E-state index >= 15 is 0 Å². The lowest BCUT2D eigenvalue weighted by Crippen LogP contribution is -2.47. The van der Waals surface area contributed by atoms with Crippen molar-refractivity contribution in [2.75, 3.05) is 45.7 Å². The Balaban J connectivity index is 1.70. The molecule has 1 aliphatic rings. The van der Waals surface area contributed by atoms with Crippen LogP contribution in [0.3, 0.4) is 0 Å². The third-order valence-electron chi connectivity index (χ3n) is 5.38. The lowest BCUT2D eigenvalue weighted by molar-refractivity contribution is 0.0600. The largest absolute Gasteiger partial charge is 0.465 e. The number of methoxy groups -OCH3 is 1. The van der Waals surface area contributed by atoms with Crippen molar-refractivity contribution in [1.29, 1.82) is 0 Å². The fourth-order valence-electron chi connectivity index (χ4n) is 3.64. The van der Waals surface area contributed by atoms with E-state index in [0.29, 0.717) is 34.9 Å². The second-order valence-electron chi connectivity index (χ2n) is 7.53. The number of nitrogens with zero attached hydrogens (tertiary/aromatic N) is 3. The highest BCUT2D eigenvalue weighted by Crippen LogP contribution is 2.28. The Bertz CT molecular complexity index is 1140. The van der Waals surface area contributed by atoms with Crippen LogP contribution >= 0.6 is 11.6 Å². The average Bonchev–Trinajstić information content (AvgIpc) is 2.78. The van der Waals surface area contributed by atoms with E-state index in [0.717, 1.165) is 29.7 Å². The van der Waals surface area contributed by atoms with Crippen LogP contribution in [-0.4, -0.2) is 67.0 Å². The van der Waals surface area contributed by atoms with Gasteiger partial charge in [0.15, 0.2) is 0 Å². The SMILES string of the molecule is COC(=O)c1cc(Nc2ccnc3cc(Cl)ccc23)cc(C(=O)N2CCN(C)CC2)c1. The lowest BCUT2D eigenvalue weighted by Gasteiger charge is -2.32. The summed E-state index contributed by atoms with van der Waals surface area (Å²) < 4.78 is 4.90. The van der Waals surface area contributed by atoms with Gasteiger partial charge in [0.05, 0.1) is 18.2 Å². The zero-order valence-electron chi connectivity index (χ0n) is 17.4. The first-order valence-electron chi connectivity index (χ1n) is 9.97. The molecule has 7 nitrogen and oxygen atoms in total. The molecule has 4 rings (SSSR count). The smallest absolute Gasteiger partial charge is 0.337 e. The first kappa shape index (κ1) is 21.1. The minimum Gasteiger partial charge on any atom is -0.465 e. The number of carbonyl (C=O) groups excluding carboxylic acids is 2. The summed E-state index contributed by atoms with van der Waals surface area (Å²) in [4.78, 5) is 33.7. The molecule has 2 aromatic carbocycles. The number of nitrogens with one attached hydrogen (secondary N) is 1. The monoisotopic (exact) mass is 438 g/mol. The minimum atomic E-state index is -0.498. The van der Waals surface area contributed by atoms with Gasteiger partial charge in [0.25, 0.3) is 5.91 Å². The lowest BCUT2D eigenvalue weighted by atomic mass is 10.1. The molecule has 1 aliphatic heterocycles. The fourth-order valence-corrected chi connectivity index (χ4v) is 3.80. The number of benzene rings is 2. The standard InChI is InChI=1S/C23H23ClN4O3/c1-27-7-9-28(10-8-27)22(29)15-11-16(23(30)31-2)13-18(12-15)26-20-5-6-25-21-14-17(24)3-4-19(20)21/h3-6,11-14H,7-10H2,1-2H3,(H,25,26). The summed E-state index contributed by atoms with van der Waals surface area (Å²) in [5.74, 6) is -0.601. The second kappa shape index (κ2) is 8.91. The van der Waals surface area contributed by atoms with E-state index in [1.165, 1.54) is 7.11 Å². The number of ether oxygens (including phenoxy) is 1. The third kappa shape index (κ3) is 4.62. The number of amides is 1. The Morgan fingerprint density at radius 1 is 1.03 bits per heavy atom. The number of rotatable bonds is 4. The van der Waals surface area contributed by atoms with Crippen LogP contribution in [0.15, 0.2) is 48.7 Å². The molecule has 1 N–H and O–H groups in total. The predicted octanol–water partition coefficient (Wildman–Crippen LogP) is 3.81. The number of hydrogen-bond donors (Lipinski definition) is 1. The number of aromatic nitrogens is 1. The molecule has 1 fully saturated rings. The molecule has 0 aliphatic carbocycles. The maximum atomic E-state index is 13.1. The summed E-state index contributed by atoms with van der Waals surface area (Å²) in [5.41, 5.74) is 2.91. The van der Waals surface area contributed by atoms with Crippen LogP contribution in [-0.2, 0) is 4.74 Å². The summed E-state index contributed by atoms with van der Waals surface area (Å²) in [6.07, 6.45) is 1.68. The molecular formula is C23H23ClN4O3. The highest BCUT2D eigenvalue weighted by Gasteiger charge is 2.22. The van der Waals surface area contributed by atoms with Crippen LogP contribution in [0.1, 0.15) is 20.7 Å². The Hall–Kier alpha value is -3.16. The zero-order chi connectivity index (χ0) is 22.0. The number of halogens is 1. The van der Waals surface area contributed by atoms with Crippen LogP contribution in [0, 0.1) is 0 Å². The molecule has 3 aromatic rings. The number of anilines is 2. The average molecular weight is 439 g/mol. The van der Waals surface area contributed by atoms with Crippen molar-refractivity contribution in [3.63, 3.8) is 0 Å². The molecule has 0 saturated carbocycles. The summed E-state index contributed by atoms with van der Waals surface area (Å²) in [6.45, 7) is 2.94. The molecule has 0 atom stereocenters. The van der Waals surface area contributed by atoms with Crippen molar-refractivity contribution in [3.8, 4) is 0 Å². The fraction of sp³-hybridized carbons (Fsp3) is 0.261. The van der Waals surface area contributed by atoms with Crippen molar-refractivity contribution in [2.24, 2.45) is 0 Å². The Labute approximate surface area is 185 Å². The molecule has 0 unspecified atom stereocenters. The molecule has 0 spiro atoms. The summed E-state index contributed by atoms with van der Waals surface area (Å²) in [7, 11) is 3.36. The van der Waals surface area contributed by atoms with Crippen molar-refractivity contribution in [3.05, 3.63) is 64.8 Å². The molecular weight excluding hydrogens is 416 g/mol. The van der Waals surface area contributed by atoms with Gasteiger partial charge in [-0.2, -0.15) is 0 Å². The number of pyridine rings is 1. The third-order valence-corrected chi connectivity index (χ3v) is 5.61. The van der Waals surface area contributed by atoms with Crippen molar-refractivity contribution < 1.29 is 14.3 Å². The Morgan fingerprint density at radius 3 is 2.52 bits per heavy atom. The Morgan fingerprint density at radius 2 is 1.77 bits per heavy atom. The van der Waals surface area contributed by atoms with E-state index in [1.54, 1.807) is 36.5 Å². The molecule has 2 heterocycles. The molecule has 31 heavy (non-hydrogen) atoms. The van der Waals surface area contributed by atoms with Crippen LogP contribution < -0.4 is 5.32 Å². The number of piperazine rings is 1. The quantitative estimate of drug-likeness (QED) is 0.624. The van der Waals surface area contributed by atoms with Gasteiger partial charge in [-0.25, -0.2) is 4.79 Å². The van der Waals surface area contributed by atoms with Crippen LogP contribution in [0.4, 0.5) is 11.4 Å². The number of carbonyl (C=O) groups is 2. The van der Waals surface area contributed by atoms with E-state index in [2.05, 4.69) is 15.2 Å². The molecule has 1 aromatic heterocycles. The van der Waals surface area contributed by atoms with E-state index < -0.39 is 5.97 Å². The van der Waals surface area contributed by atoms with Crippen molar-refractivity contribution in [1.82, 2.24) is 14.8 Å². The van der Waals surface area contributed by atoms with Crippen LogP contribution in [0.5, 0.6) is 0 Å². The van der Waals surface area contributed by atoms with Gasteiger partial charge >= 0.3 is 5.97 Å². The summed E-state index contributed by atoms with van der Waals surface area (Å²) >= 11 is 6.08. The van der Waals surface area contributed by atoms with Gasteiger partial charge in [-0.05, 0) is 49.5 Å². The number of likely N-dealkylation sites (N-methyl/N-ethyl adjacent to an activating group) is 1. The predicted molar refractivity (Wildman–Crippen MR) is 121 cm³/mol. The van der Waals surface area contributed by atoms with Gasteiger partial charge in [-0.1, -0.05) is 11.6 Å². The molecule has 0 radical (unpaired) electrons. The van der Waals surface area contributed by atoms with E-state index in [1.807, 2.05) is 24.1 Å². The Kier molecular flexibility index (Phi) is 6.06. The minimum absolute atomic E-state index is 0.103. The normalized spacial score (nSPS) is 14.5. The maximum absolute atomic E-state index is 13.1. The van der Waals surface area contributed by atoms with Crippen molar-refractivity contribution in [2.45, 2.75) is 0 Å². The van der Waals surface area contributed by atoms with E-state index in [9.17, 15) is 9.59 Å². The molecule has 8 heteroatoms. The zero-order valence-corrected chi connectivity index (χ0v) is 18.1. The highest BCUT2D eigenvalue weighted by atomic mass is 35.5. The van der Waals surface area contributed by atoms with Crippen LogP contribution in [0.2, 0.25) is 5.02 Å². The summed E-state index contributed by atoms with van der Waals surface area (Å²) in [5, 5.41) is 4.80. The van der Waals surface area contributed by atoms with E-state index in [-0.39, 0.29) is 5.91 Å². The first-order valence-corrected chi connectivity index (χ1v) is 10.3. The molecule has 0 bridgehead atoms. The van der Waals surface area contributed by atoms with Crippen molar-refractivity contribution >= 4 is 45.8 Å². The number of hydrogen-bond acceptors (Lipinski definition) is 6. The van der Waals surface area contributed by atoms with Gasteiger partial charge in [0.1, 0.15) is 0 Å². The molecule has 1 saturated heterocycles. The molecule has 160 valence electrons. The van der Waals surface area contributed by atoms with E-state index in [4.69, 9.17) is 16.3 Å². The summed E-state index contributed by atoms with van der Waals surface area (Å²) in [6, 6.07) is 12.3. The topological polar surface area (TPSA) is 74.8 Å². The number of esters is 1. The van der Waals surface area contributed by atoms with Crippen LogP contribution in [0.25, 0.3) is 10.9 Å². The van der Waals surface area contributed by atoms with Gasteiger partial charge in [-0.15, -0.1) is 0 Å². The highest BCUT2D eigenvalue weighted by molar-refractivity contribution is 6.31. The van der Waals surface area contributed by atoms with Gasteiger partial charge in [0, 0.05) is 59.7 Å². The first-order chi connectivity index (χ1) is 14.9. The maximum Gasteiger partial charge on any atom is 0.337 e.